The number of ether oxygens (including phenoxy) is 1. The first-order valence-corrected chi connectivity index (χ1v) is 10.8. The molecule has 7 N–H and O–H groups in total. The molecule has 0 radical (unpaired) electrons. The number of nitrogens with one attached hydrogen (secondary N) is 3. The van der Waals surface area contributed by atoms with Gasteiger partial charge in [-0.2, -0.15) is 4.98 Å². The number of hydrogen-bond donors (Lipinski definition) is 5. The van der Waals surface area contributed by atoms with Crippen LogP contribution in [-0.4, -0.2) is 35.1 Å². The summed E-state index contributed by atoms with van der Waals surface area (Å²) < 4.78 is 11.6. The number of nitrogens with zero attached hydrogens (tertiary/aromatic N) is 1. The Morgan fingerprint density at radius 1 is 1.28 bits per heavy atom. The van der Waals surface area contributed by atoms with Crippen LogP contribution in [0.2, 0.25) is 0 Å². The topological polar surface area (TPSA) is 144 Å². The molecular weight excluding hydrogens is 408 g/mol. The molecule has 1 aliphatic carbocycles. The van der Waals surface area contributed by atoms with Crippen molar-refractivity contribution in [2.75, 3.05) is 29.5 Å². The number of rotatable bonds is 5. The first-order valence-electron chi connectivity index (χ1n) is 10.8. The normalized spacial score (nSPS) is 16.4. The highest BCUT2D eigenvalue weighted by Crippen LogP contribution is 2.44. The van der Waals surface area contributed by atoms with Crippen molar-refractivity contribution in [2.45, 2.75) is 25.8 Å². The third-order valence-electron chi connectivity index (χ3n) is 6.23. The Bertz CT molecular complexity index is 1380. The van der Waals surface area contributed by atoms with Crippen molar-refractivity contribution >= 4 is 45.3 Å². The molecule has 164 valence electrons. The van der Waals surface area contributed by atoms with Crippen LogP contribution in [0.4, 0.5) is 17.4 Å². The number of hydrogen-bond acceptors (Lipinski definition) is 7. The molecule has 2 aromatic carbocycles. The number of anilines is 3. The number of aromatic amines is 1. The second kappa shape index (κ2) is 6.81. The van der Waals surface area contributed by atoms with Crippen LogP contribution in [-0.2, 0) is 4.79 Å². The van der Waals surface area contributed by atoms with Crippen LogP contribution in [0.5, 0.6) is 5.75 Å². The van der Waals surface area contributed by atoms with Crippen molar-refractivity contribution in [1.82, 2.24) is 9.97 Å². The third-order valence-corrected chi connectivity index (χ3v) is 6.23. The standard InChI is InChI=1S/C23H24N6O3/c1-10-6-12(7-15-21(10)32-23(25)29-15)18-20-17-14(28-18)8-13(9-16(17)31-5-4-26-20)27-19(22(24)30)11-2-3-11/h6-9,11,19,26-28H,2-5H2,1H3,(H2,24,30)(H2,25,29)/t19-/m0/s1. The zero-order chi connectivity index (χ0) is 22.0. The van der Waals surface area contributed by atoms with Crippen LogP contribution < -0.4 is 26.8 Å². The van der Waals surface area contributed by atoms with E-state index in [0.717, 1.165) is 57.7 Å². The van der Waals surface area contributed by atoms with E-state index in [9.17, 15) is 4.79 Å². The number of carbonyl (C=O) groups excluding carboxylic acids is 1. The lowest BCUT2D eigenvalue weighted by molar-refractivity contribution is -0.119. The van der Waals surface area contributed by atoms with Gasteiger partial charge < -0.3 is 36.2 Å². The third kappa shape index (κ3) is 3.00. The molecule has 0 spiro atoms. The van der Waals surface area contributed by atoms with Crippen molar-refractivity contribution < 1.29 is 13.9 Å². The molecule has 1 fully saturated rings. The summed E-state index contributed by atoms with van der Waals surface area (Å²) >= 11 is 0. The lowest BCUT2D eigenvalue weighted by Crippen LogP contribution is -2.37. The molecule has 9 heteroatoms. The number of primary amides is 1. The molecule has 1 saturated carbocycles. The number of carbonyl (C=O) groups is 1. The van der Waals surface area contributed by atoms with Crippen LogP contribution in [0, 0.1) is 12.8 Å². The highest BCUT2D eigenvalue weighted by molar-refractivity contribution is 6.07. The quantitative estimate of drug-likeness (QED) is 0.325. The Kier molecular flexibility index (Phi) is 4.01. The molecule has 0 unspecified atom stereocenters. The molecule has 1 atom stereocenters. The zero-order valence-electron chi connectivity index (χ0n) is 17.6. The van der Waals surface area contributed by atoms with Crippen LogP contribution in [0.1, 0.15) is 18.4 Å². The minimum atomic E-state index is -0.375. The maximum absolute atomic E-state index is 11.9. The van der Waals surface area contributed by atoms with Crippen molar-refractivity contribution in [3.63, 3.8) is 0 Å². The van der Waals surface area contributed by atoms with E-state index in [2.05, 4.69) is 26.7 Å². The van der Waals surface area contributed by atoms with E-state index in [-0.39, 0.29) is 18.0 Å². The highest BCUT2D eigenvalue weighted by atomic mass is 16.5. The van der Waals surface area contributed by atoms with Crippen LogP contribution in [0.3, 0.4) is 0 Å². The predicted octanol–water partition coefficient (Wildman–Crippen LogP) is 3.35. The van der Waals surface area contributed by atoms with Gasteiger partial charge in [0.1, 0.15) is 23.9 Å². The number of fused-ring (bicyclic) bond motifs is 1. The summed E-state index contributed by atoms with van der Waals surface area (Å²) in [4.78, 5) is 19.8. The summed E-state index contributed by atoms with van der Waals surface area (Å²) in [5, 5.41) is 7.80. The maximum Gasteiger partial charge on any atom is 0.292 e. The van der Waals surface area contributed by atoms with Gasteiger partial charge in [0.15, 0.2) is 5.58 Å². The lowest BCUT2D eigenvalue weighted by Gasteiger charge is -2.17. The lowest BCUT2D eigenvalue weighted by atomic mass is 10.1. The van der Waals surface area contributed by atoms with Crippen molar-refractivity contribution in [3.05, 3.63) is 29.8 Å². The number of aromatic nitrogens is 2. The fourth-order valence-corrected chi connectivity index (χ4v) is 4.61. The van der Waals surface area contributed by atoms with Crippen LogP contribution in [0.15, 0.2) is 28.7 Å². The summed E-state index contributed by atoms with van der Waals surface area (Å²) in [6.07, 6.45) is 2.03. The largest absolute Gasteiger partial charge is 0.491 e. The van der Waals surface area contributed by atoms with E-state index in [4.69, 9.17) is 20.6 Å². The molecule has 0 bridgehead atoms. The second-order valence-electron chi connectivity index (χ2n) is 8.60. The van der Waals surface area contributed by atoms with Crippen LogP contribution in [0.25, 0.3) is 33.3 Å². The minimum Gasteiger partial charge on any atom is -0.491 e. The van der Waals surface area contributed by atoms with E-state index in [1.807, 2.05) is 25.1 Å². The van der Waals surface area contributed by atoms with Crippen molar-refractivity contribution in [1.29, 1.82) is 0 Å². The molecule has 0 saturated heterocycles. The van der Waals surface area contributed by atoms with Gasteiger partial charge in [-0.05, 0) is 49.4 Å². The summed E-state index contributed by atoms with van der Waals surface area (Å²) in [5.74, 6) is 0.726. The number of oxazole rings is 1. The molecule has 2 aliphatic rings. The van der Waals surface area contributed by atoms with Gasteiger partial charge in [0.05, 0.1) is 22.3 Å². The van der Waals surface area contributed by atoms with E-state index in [1.165, 1.54) is 0 Å². The number of nitrogen functional groups attached to an aromatic ring is 1. The average Bonchev–Trinajstić information content (AvgIpc) is 3.46. The van der Waals surface area contributed by atoms with E-state index in [0.29, 0.717) is 30.2 Å². The Balaban J connectivity index is 1.49. The Morgan fingerprint density at radius 2 is 2.12 bits per heavy atom. The molecule has 1 aliphatic heterocycles. The number of H-pyrrole nitrogens is 1. The molecule has 9 nitrogen and oxygen atoms in total. The fraction of sp³-hybridized carbons (Fsp3) is 0.304. The van der Waals surface area contributed by atoms with E-state index >= 15 is 0 Å². The van der Waals surface area contributed by atoms with Gasteiger partial charge in [0, 0.05) is 23.9 Å². The van der Waals surface area contributed by atoms with Crippen molar-refractivity contribution in [3.8, 4) is 17.0 Å². The SMILES string of the molecule is Cc1cc(-c2[nH]c3cc(N[C@H](C(N)=O)C4CC4)cc4c3c2NCCO4)cc2nc(N)oc12. The average molecular weight is 432 g/mol. The number of benzene rings is 2. The molecular formula is C23H24N6O3. The Morgan fingerprint density at radius 3 is 2.91 bits per heavy atom. The first kappa shape index (κ1) is 18.9. The smallest absolute Gasteiger partial charge is 0.292 e. The van der Waals surface area contributed by atoms with E-state index in [1.54, 1.807) is 0 Å². The summed E-state index contributed by atoms with van der Waals surface area (Å²) in [6, 6.07) is 7.74. The molecule has 2 aromatic heterocycles. The van der Waals surface area contributed by atoms with Gasteiger partial charge in [0.2, 0.25) is 5.91 Å². The predicted molar refractivity (Wildman–Crippen MR) is 124 cm³/mol. The van der Waals surface area contributed by atoms with Gasteiger partial charge in [-0.25, -0.2) is 0 Å². The number of amides is 1. The van der Waals surface area contributed by atoms with Crippen molar-refractivity contribution in [2.24, 2.45) is 11.7 Å². The van der Waals surface area contributed by atoms with E-state index < -0.39 is 0 Å². The number of aryl methyl sites for hydroxylation is 1. The minimum absolute atomic E-state index is 0.152. The monoisotopic (exact) mass is 432 g/mol. The van der Waals surface area contributed by atoms with Crippen LogP contribution >= 0.6 is 0 Å². The molecule has 32 heavy (non-hydrogen) atoms. The van der Waals surface area contributed by atoms with Gasteiger partial charge in [-0.15, -0.1) is 0 Å². The summed E-state index contributed by atoms with van der Waals surface area (Å²) in [7, 11) is 0. The molecule has 3 heterocycles. The highest BCUT2D eigenvalue weighted by Gasteiger charge is 2.35. The fourth-order valence-electron chi connectivity index (χ4n) is 4.61. The maximum atomic E-state index is 11.9. The second-order valence-corrected chi connectivity index (χ2v) is 8.60. The first-order chi connectivity index (χ1) is 15.5. The summed E-state index contributed by atoms with van der Waals surface area (Å²) in [6.45, 7) is 3.18. The molecule has 4 aromatic rings. The molecule has 1 amide bonds. The number of nitrogens with two attached hydrogens (primary N) is 2. The Hall–Kier alpha value is -3.88. The van der Waals surface area contributed by atoms with Gasteiger partial charge in [-0.1, -0.05) is 0 Å². The Labute approximate surface area is 183 Å². The zero-order valence-corrected chi connectivity index (χ0v) is 17.6. The molecule has 6 rings (SSSR count). The van der Waals surface area contributed by atoms with Gasteiger partial charge in [-0.3, -0.25) is 4.79 Å². The van der Waals surface area contributed by atoms with Gasteiger partial charge >= 0.3 is 0 Å². The van der Waals surface area contributed by atoms with Gasteiger partial charge in [0.25, 0.3) is 6.01 Å². The summed E-state index contributed by atoms with van der Waals surface area (Å²) in [5.41, 5.74) is 18.3.